The zero-order valence-corrected chi connectivity index (χ0v) is 23.3. The van der Waals surface area contributed by atoms with Crippen molar-refractivity contribution in [3.63, 3.8) is 0 Å². The van der Waals surface area contributed by atoms with Crippen molar-refractivity contribution in [3.8, 4) is 0 Å². The largest absolute Gasteiger partial charge is 0.480 e. The van der Waals surface area contributed by atoms with Crippen LogP contribution in [0.4, 0.5) is 5.69 Å². The van der Waals surface area contributed by atoms with Crippen LogP contribution in [0, 0.1) is 0 Å². The maximum atomic E-state index is 13.4. The van der Waals surface area contributed by atoms with Crippen LogP contribution < -0.4 is 4.90 Å². The molecule has 2 aromatic rings. The Labute approximate surface area is 237 Å². The average Bonchev–Trinajstić information content (AvgIpc) is 3.65. The third kappa shape index (κ3) is 4.57. The maximum Gasteiger partial charge on any atom is 0.323 e. The minimum atomic E-state index is -1.13. The molecular formula is C30H29N3O4S2. The van der Waals surface area contributed by atoms with Crippen molar-refractivity contribution in [2.24, 2.45) is 0 Å². The van der Waals surface area contributed by atoms with Gasteiger partial charge in [0.2, 0.25) is 0 Å². The number of thiocarbonyl (C=S) groups is 1. The smallest absolute Gasteiger partial charge is 0.323 e. The Bertz CT molecular complexity index is 1450. The number of likely N-dealkylation sites (tertiary alicyclic amines) is 1. The van der Waals surface area contributed by atoms with E-state index in [9.17, 15) is 19.5 Å². The van der Waals surface area contributed by atoms with Crippen LogP contribution in [0.15, 0.2) is 64.7 Å². The lowest BCUT2D eigenvalue weighted by Crippen LogP contribution is -2.32. The molecule has 2 aromatic carbocycles. The van der Waals surface area contributed by atoms with Gasteiger partial charge < -0.3 is 10.0 Å². The van der Waals surface area contributed by atoms with E-state index in [4.69, 9.17) is 12.2 Å². The molecule has 4 aliphatic rings. The molecule has 9 heteroatoms. The van der Waals surface area contributed by atoms with Gasteiger partial charge >= 0.3 is 5.97 Å². The molecule has 2 atom stereocenters. The summed E-state index contributed by atoms with van der Waals surface area (Å²) in [6.45, 7) is 2.64. The van der Waals surface area contributed by atoms with Gasteiger partial charge in [-0.05, 0) is 54.7 Å². The molecule has 1 N–H and O–H groups in total. The van der Waals surface area contributed by atoms with E-state index >= 15 is 0 Å². The predicted octanol–water partition coefficient (Wildman–Crippen LogP) is 5.14. The highest BCUT2D eigenvalue weighted by Crippen LogP contribution is 2.50. The molecular weight excluding hydrogens is 530 g/mol. The van der Waals surface area contributed by atoms with Gasteiger partial charge in [-0.15, -0.1) is 0 Å². The Morgan fingerprint density at radius 1 is 1.10 bits per heavy atom. The summed E-state index contributed by atoms with van der Waals surface area (Å²) in [5.41, 5.74) is 5.69. The number of carbonyl (C=O) groups excluding carboxylic acids is 2. The summed E-state index contributed by atoms with van der Waals surface area (Å²) >= 11 is 6.49. The van der Waals surface area contributed by atoms with Crippen LogP contribution in [0.3, 0.4) is 0 Å². The Morgan fingerprint density at radius 3 is 2.62 bits per heavy atom. The zero-order valence-electron chi connectivity index (χ0n) is 21.6. The van der Waals surface area contributed by atoms with E-state index < -0.39 is 12.5 Å². The van der Waals surface area contributed by atoms with E-state index in [-0.39, 0.29) is 18.2 Å². The van der Waals surface area contributed by atoms with Crippen molar-refractivity contribution < 1.29 is 19.5 Å². The Morgan fingerprint density at radius 2 is 1.90 bits per heavy atom. The van der Waals surface area contributed by atoms with Gasteiger partial charge in [-0.25, -0.2) is 0 Å². The SMILES string of the molecule is CCN1C(=O)/C(=C2\C/C(=C/c3ccc4c(c3)C3CCCC3N4Cc3ccccc3)C(=O)N2CC(=O)O)SC1=S. The highest BCUT2D eigenvalue weighted by molar-refractivity contribution is 8.26. The summed E-state index contributed by atoms with van der Waals surface area (Å²) in [5.74, 6) is -1.30. The number of carboxylic acid groups (broad SMARTS) is 1. The number of benzene rings is 2. The number of fused-ring (bicyclic) bond motifs is 3. The fourth-order valence-electron chi connectivity index (χ4n) is 6.37. The monoisotopic (exact) mass is 559 g/mol. The molecule has 39 heavy (non-hydrogen) atoms. The lowest BCUT2D eigenvalue weighted by molar-refractivity contribution is -0.141. The van der Waals surface area contributed by atoms with Crippen LogP contribution in [0.2, 0.25) is 0 Å². The summed E-state index contributed by atoms with van der Waals surface area (Å²) < 4.78 is 0.426. The third-order valence-electron chi connectivity index (χ3n) is 8.10. The predicted molar refractivity (Wildman–Crippen MR) is 156 cm³/mol. The molecule has 7 nitrogen and oxygen atoms in total. The van der Waals surface area contributed by atoms with E-state index in [1.165, 1.54) is 39.5 Å². The van der Waals surface area contributed by atoms with E-state index in [0.717, 1.165) is 30.3 Å². The normalized spacial score (nSPS) is 25.3. The Balaban J connectivity index is 1.33. The average molecular weight is 560 g/mol. The number of carbonyl (C=O) groups is 3. The van der Waals surface area contributed by atoms with Gasteiger partial charge in [-0.3, -0.25) is 24.2 Å². The second-order valence-corrected chi connectivity index (χ2v) is 12.0. The van der Waals surface area contributed by atoms with Gasteiger partial charge in [0.1, 0.15) is 10.9 Å². The topological polar surface area (TPSA) is 81.2 Å². The molecule has 1 aliphatic carbocycles. The lowest BCUT2D eigenvalue weighted by atomic mass is 9.95. The second kappa shape index (κ2) is 10.3. The highest BCUT2D eigenvalue weighted by atomic mass is 32.2. The number of allylic oxidation sites excluding steroid dienone is 1. The number of aliphatic carboxylic acids is 1. The molecule has 1 saturated carbocycles. The van der Waals surface area contributed by atoms with Gasteiger partial charge in [0.05, 0.1) is 4.91 Å². The van der Waals surface area contributed by atoms with Gasteiger partial charge in [0, 0.05) is 48.4 Å². The van der Waals surface area contributed by atoms with E-state index in [2.05, 4.69) is 41.3 Å². The summed E-state index contributed by atoms with van der Waals surface area (Å²) in [5, 5.41) is 9.50. The van der Waals surface area contributed by atoms with Crippen molar-refractivity contribution in [2.45, 2.75) is 51.1 Å². The first-order valence-electron chi connectivity index (χ1n) is 13.3. The summed E-state index contributed by atoms with van der Waals surface area (Å²) in [4.78, 5) is 43.6. The molecule has 3 aliphatic heterocycles. The lowest BCUT2D eigenvalue weighted by Gasteiger charge is -2.27. The van der Waals surface area contributed by atoms with Crippen LogP contribution in [0.1, 0.15) is 55.2 Å². The molecule has 6 rings (SSSR count). The Kier molecular flexibility index (Phi) is 6.81. The zero-order chi connectivity index (χ0) is 27.3. The minimum Gasteiger partial charge on any atom is -0.480 e. The number of carboxylic acids is 1. The molecule has 2 unspecified atom stereocenters. The van der Waals surface area contributed by atoms with Crippen molar-refractivity contribution in [2.75, 3.05) is 18.0 Å². The first kappa shape index (κ1) is 25.8. The molecule has 0 aromatic heterocycles. The van der Waals surface area contributed by atoms with E-state index in [1.54, 1.807) is 0 Å². The van der Waals surface area contributed by atoms with Crippen LogP contribution in [-0.2, 0) is 20.9 Å². The number of likely N-dealkylation sites (N-methyl/N-ethyl adjacent to an activating group) is 1. The third-order valence-corrected chi connectivity index (χ3v) is 9.58. The molecule has 3 fully saturated rings. The summed E-state index contributed by atoms with van der Waals surface area (Å²) in [6.07, 6.45) is 5.58. The number of nitrogens with zero attached hydrogens (tertiary/aromatic N) is 3. The quantitative estimate of drug-likeness (QED) is 0.388. The van der Waals surface area contributed by atoms with Crippen molar-refractivity contribution >= 4 is 57.8 Å². The molecule has 3 heterocycles. The fourth-order valence-corrected chi connectivity index (χ4v) is 7.83. The summed E-state index contributed by atoms with van der Waals surface area (Å²) in [6, 6.07) is 17.4. The summed E-state index contributed by atoms with van der Waals surface area (Å²) in [7, 11) is 0. The fraction of sp³-hybridized carbons (Fsp3) is 0.333. The van der Waals surface area contributed by atoms with Crippen LogP contribution in [0.25, 0.3) is 6.08 Å². The molecule has 0 radical (unpaired) electrons. The van der Waals surface area contributed by atoms with Gasteiger partial charge in [0.25, 0.3) is 11.8 Å². The van der Waals surface area contributed by atoms with E-state index in [1.807, 2.05) is 25.1 Å². The molecule has 200 valence electrons. The maximum absolute atomic E-state index is 13.4. The van der Waals surface area contributed by atoms with Crippen molar-refractivity contribution in [1.29, 1.82) is 0 Å². The molecule has 0 bridgehead atoms. The minimum absolute atomic E-state index is 0.198. The number of hydrogen-bond donors (Lipinski definition) is 1. The first-order valence-corrected chi connectivity index (χ1v) is 14.5. The van der Waals surface area contributed by atoms with Crippen LogP contribution in [-0.4, -0.2) is 56.1 Å². The second-order valence-electron chi connectivity index (χ2n) is 10.4. The highest BCUT2D eigenvalue weighted by Gasteiger charge is 2.43. The number of thioether (sulfide) groups is 1. The van der Waals surface area contributed by atoms with E-state index in [0.29, 0.717) is 39.0 Å². The Hall–Kier alpha value is -3.43. The van der Waals surface area contributed by atoms with Gasteiger partial charge in [-0.1, -0.05) is 66.8 Å². The number of amides is 2. The van der Waals surface area contributed by atoms with Crippen LogP contribution in [0.5, 0.6) is 0 Å². The standard InChI is InChI=1S/C30H29N3O4S2/c1-2-31-29(37)27(39-30(31)38)25-15-20(28(36)33(25)17-26(34)35)13-19-11-12-24-22(14-19)21-9-6-10-23(21)32(24)16-18-7-4-3-5-8-18/h3-5,7-8,11-14,21,23H,2,6,9-10,15-17H2,1H3,(H,34,35)/b20-13-,27-25-. The number of hydrogen-bond acceptors (Lipinski definition) is 6. The van der Waals surface area contributed by atoms with Crippen molar-refractivity contribution in [3.05, 3.63) is 81.4 Å². The molecule has 2 saturated heterocycles. The van der Waals surface area contributed by atoms with Crippen molar-refractivity contribution in [1.82, 2.24) is 9.80 Å². The van der Waals surface area contributed by atoms with Gasteiger partial charge in [-0.2, -0.15) is 0 Å². The number of rotatable bonds is 6. The van der Waals surface area contributed by atoms with Gasteiger partial charge in [0.15, 0.2) is 0 Å². The van der Waals surface area contributed by atoms with Crippen LogP contribution >= 0.6 is 24.0 Å². The molecule has 2 amide bonds. The first-order chi connectivity index (χ1) is 18.9. The molecule has 0 spiro atoms. The number of anilines is 1.